The minimum absolute atomic E-state index is 0.0836. The van der Waals surface area contributed by atoms with Crippen LogP contribution in [0.4, 0.5) is 5.95 Å². The summed E-state index contributed by atoms with van der Waals surface area (Å²) in [6.07, 6.45) is 8.72. The number of nitrogens with one attached hydrogen (secondary N) is 2. The Balaban J connectivity index is 1.53. The predicted molar refractivity (Wildman–Crippen MR) is 111 cm³/mol. The highest BCUT2D eigenvalue weighted by Gasteiger charge is 2.22. The quantitative estimate of drug-likeness (QED) is 0.379. The minimum Gasteiger partial charge on any atom is -0.771 e. The number of unbranched alkanes of at least 4 members (excludes halogenated alkanes) is 1. The maximum Gasteiger partial charge on any atom is 0.244 e. The van der Waals surface area contributed by atoms with Crippen molar-refractivity contribution in [2.24, 2.45) is 0 Å². The summed E-state index contributed by atoms with van der Waals surface area (Å²) >= 11 is -2.04. The molecule has 1 fully saturated rings. The number of likely N-dealkylation sites (tertiary alicyclic amines) is 1. The van der Waals surface area contributed by atoms with Crippen LogP contribution in [0.3, 0.4) is 0 Å². The Labute approximate surface area is 176 Å². The average molecular weight is 434 g/mol. The van der Waals surface area contributed by atoms with E-state index in [1.54, 1.807) is 23.1 Å². The summed E-state index contributed by atoms with van der Waals surface area (Å²) in [7, 11) is 0. The number of hydrogen-bond acceptors (Lipinski definition) is 9. The molecule has 4 heterocycles. The number of rotatable bonds is 9. The molecule has 1 atom stereocenters. The molecule has 4 rings (SSSR count). The van der Waals surface area contributed by atoms with E-state index in [9.17, 15) is 8.76 Å². The molecule has 1 saturated heterocycles. The van der Waals surface area contributed by atoms with Crippen LogP contribution in [0.25, 0.3) is 16.9 Å². The van der Waals surface area contributed by atoms with Crippen LogP contribution in [-0.4, -0.2) is 75.1 Å². The lowest BCUT2D eigenvalue weighted by Gasteiger charge is -2.32. The fraction of sp³-hybridized carbons (Fsp3) is 0.556. The summed E-state index contributed by atoms with van der Waals surface area (Å²) in [4.78, 5) is 11.0. The summed E-state index contributed by atoms with van der Waals surface area (Å²) in [5.41, 5.74) is 2.06. The summed E-state index contributed by atoms with van der Waals surface area (Å²) in [5, 5.41) is 14.8. The monoisotopic (exact) mass is 433 g/mol. The lowest BCUT2D eigenvalue weighted by atomic mass is 10.1. The molecule has 1 unspecified atom stereocenters. The molecule has 1 aliphatic heterocycles. The van der Waals surface area contributed by atoms with Crippen LogP contribution < -0.4 is 10.1 Å². The molecule has 0 amide bonds. The molecule has 162 valence electrons. The van der Waals surface area contributed by atoms with Gasteiger partial charge in [0.25, 0.3) is 0 Å². The smallest absolute Gasteiger partial charge is 0.244 e. The van der Waals surface area contributed by atoms with Crippen molar-refractivity contribution in [1.82, 2.24) is 34.7 Å². The second-order valence-electron chi connectivity index (χ2n) is 7.28. The molecule has 12 heteroatoms. The molecule has 0 aromatic carbocycles. The Morgan fingerprint density at radius 1 is 1.37 bits per heavy atom. The summed E-state index contributed by atoms with van der Waals surface area (Å²) in [6, 6.07) is 0.185. The first-order valence-corrected chi connectivity index (χ1v) is 11.3. The molecule has 0 bridgehead atoms. The third kappa shape index (κ3) is 4.77. The van der Waals surface area contributed by atoms with Crippen LogP contribution in [-0.2, 0) is 11.1 Å². The second-order valence-corrected chi connectivity index (χ2v) is 8.14. The van der Waals surface area contributed by atoms with E-state index in [1.165, 1.54) is 0 Å². The largest absolute Gasteiger partial charge is 0.771 e. The van der Waals surface area contributed by atoms with E-state index in [1.807, 2.05) is 4.90 Å². The molecule has 3 aromatic heterocycles. The lowest BCUT2D eigenvalue weighted by molar-refractivity contribution is 0.247. The molecule has 11 nitrogen and oxygen atoms in total. The Hall–Kier alpha value is -2.57. The molecule has 2 N–H and O–H groups in total. The van der Waals surface area contributed by atoms with Gasteiger partial charge in [-0.15, -0.1) is 5.10 Å². The Kier molecular flexibility index (Phi) is 6.55. The number of hydrogen-bond donors (Lipinski definition) is 2. The standard InChI is InChI=1S/C18H26N8O3S/c1-2-3-8-29-17-16(13-9-20-21-10-13)19-11-15-23-18(24-26(15)17)22-14-4-6-25(7-5-14)12-30(27)28/h9-11,14H,2-8,12H2,1H3,(H,20,21)(H,22,24)(H,27,28)/p-1. The van der Waals surface area contributed by atoms with E-state index >= 15 is 0 Å². The van der Waals surface area contributed by atoms with Crippen LogP contribution >= 0.6 is 0 Å². The summed E-state index contributed by atoms with van der Waals surface area (Å²) in [6.45, 7) is 4.11. The van der Waals surface area contributed by atoms with Gasteiger partial charge in [-0.1, -0.05) is 13.3 Å². The van der Waals surface area contributed by atoms with Crippen molar-refractivity contribution in [2.45, 2.75) is 38.6 Å². The summed E-state index contributed by atoms with van der Waals surface area (Å²) < 4.78 is 29.5. The third-order valence-corrected chi connectivity index (χ3v) is 5.63. The van der Waals surface area contributed by atoms with Crippen molar-refractivity contribution >= 4 is 22.7 Å². The maximum atomic E-state index is 10.9. The zero-order valence-electron chi connectivity index (χ0n) is 16.8. The van der Waals surface area contributed by atoms with E-state index < -0.39 is 11.1 Å². The Morgan fingerprint density at radius 3 is 2.90 bits per heavy atom. The highest BCUT2D eigenvalue weighted by Crippen LogP contribution is 2.28. The molecule has 0 aliphatic carbocycles. The zero-order valence-corrected chi connectivity index (χ0v) is 17.6. The number of ether oxygens (including phenoxy) is 1. The maximum absolute atomic E-state index is 10.9. The fourth-order valence-electron chi connectivity index (χ4n) is 3.46. The van der Waals surface area contributed by atoms with E-state index in [2.05, 4.69) is 37.5 Å². The molecule has 0 spiro atoms. The Bertz CT molecular complexity index is 985. The van der Waals surface area contributed by atoms with Gasteiger partial charge >= 0.3 is 0 Å². The van der Waals surface area contributed by atoms with Crippen molar-refractivity contribution in [3.05, 3.63) is 18.6 Å². The van der Waals surface area contributed by atoms with Gasteiger partial charge in [0.15, 0.2) is 5.65 Å². The molecule has 0 radical (unpaired) electrons. The van der Waals surface area contributed by atoms with Crippen molar-refractivity contribution < 1.29 is 13.5 Å². The number of nitrogens with zero attached hydrogens (tertiary/aromatic N) is 6. The molecule has 3 aromatic rings. The van der Waals surface area contributed by atoms with Crippen molar-refractivity contribution in [2.75, 3.05) is 30.9 Å². The summed E-state index contributed by atoms with van der Waals surface area (Å²) in [5.74, 6) is 1.13. The minimum atomic E-state index is -2.04. The SMILES string of the molecule is CCCCOc1c(-c2cn[nH]c2)ncc2nc(NC3CCN(CS(=O)[O-])CC3)nn12. The number of fused-ring (bicyclic) bond motifs is 1. The molecule has 30 heavy (non-hydrogen) atoms. The molecule has 0 saturated carbocycles. The van der Waals surface area contributed by atoms with Gasteiger partial charge in [-0.2, -0.15) is 14.6 Å². The first-order chi connectivity index (χ1) is 14.6. The van der Waals surface area contributed by atoms with Gasteiger partial charge in [0.05, 0.1) is 24.9 Å². The number of aromatic nitrogens is 6. The molecule has 1 aliphatic rings. The van der Waals surface area contributed by atoms with E-state index in [4.69, 9.17) is 4.74 Å². The molecular formula is C18H25N8O3S-. The van der Waals surface area contributed by atoms with Crippen LogP contribution in [0.15, 0.2) is 18.6 Å². The van der Waals surface area contributed by atoms with Gasteiger partial charge in [-0.05, 0) is 30.3 Å². The molecular weight excluding hydrogens is 408 g/mol. The fourth-order valence-corrected chi connectivity index (χ4v) is 4.01. The Morgan fingerprint density at radius 2 is 2.20 bits per heavy atom. The van der Waals surface area contributed by atoms with Crippen LogP contribution in [0.1, 0.15) is 32.6 Å². The zero-order chi connectivity index (χ0) is 20.9. The van der Waals surface area contributed by atoms with Crippen LogP contribution in [0.2, 0.25) is 0 Å². The third-order valence-electron chi connectivity index (χ3n) is 5.05. The van der Waals surface area contributed by atoms with Gasteiger partial charge in [0.2, 0.25) is 11.8 Å². The first kappa shape index (κ1) is 20.7. The highest BCUT2D eigenvalue weighted by atomic mass is 32.2. The first-order valence-electron chi connectivity index (χ1n) is 10.1. The number of piperidine rings is 1. The van der Waals surface area contributed by atoms with Gasteiger partial charge in [-0.3, -0.25) is 14.2 Å². The van der Waals surface area contributed by atoms with Crippen LogP contribution in [0, 0.1) is 0 Å². The van der Waals surface area contributed by atoms with Crippen molar-refractivity contribution in [1.29, 1.82) is 0 Å². The van der Waals surface area contributed by atoms with Gasteiger partial charge < -0.3 is 14.6 Å². The number of aromatic amines is 1. The highest BCUT2D eigenvalue weighted by molar-refractivity contribution is 7.79. The lowest BCUT2D eigenvalue weighted by Crippen LogP contribution is -2.40. The van der Waals surface area contributed by atoms with E-state index in [0.29, 0.717) is 29.8 Å². The second kappa shape index (κ2) is 9.49. The van der Waals surface area contributed by atoms with Gasteiger partial charge in [-0.25, -0.2) is 4.98 Å². The average Bonchev–Trinajstić information content (AvgIpc) is 3.39. The van der Waals surface area contributed by atoms with E-state index in [0.717, 1.165) is 44.3 Å². The predicted octanol–water partition coefficient (Wildman–Crippen LogP) is 1.41. The van der Waals surface area contributed by atoms with E-state index in [-0.39, 0.29) is 11.9 Å². The van der Waals surface area contributed by atoms with Crippen molar-refractivity contribution in [3.8, 4) is 17.1 Å². The number of anilines is 1. The van der Waals surface area contributed by atoms with Crippen LogP contribution in [0.5, 0.6) is 5.88 Å². The normalized spacial score (nSPS) is 16.7. The van der Waals surface area contributed by atoms with Gasteiger partial charge in [0, 0.05) is 30.9 Å². The topological polar surface area (TPSA) is 136 Å². The van der Waals surface area contributed by atoms with Gasteiger partial charge in [0.1, 0.15) is 5.69 Å². The van der Waals surface area contributed by atoms with Crippen molar-refractivity contribution in [3.63, 3.8) is 0 Å². The number of H-pyrrole nitrogens is 1.